The number of halogens is 2. The summed E-state index contributed by atoms with van der Waals surface area (Å²) < 4.78 is 26.7. The lowest BCUT2D eigenvalue weighted by molar-refractivity contribution is 0.137. The van der Waals surface area contributed by atoms with Gasteiger partial charge >= 0.3 is 0 Å². The van der Waals surface area contributed by atoms with Gasteiger partial charge < -0.3 is 0 Å². The second kappa shape index (κ2) is 5.40. The van der Waals surface area contributed by atoms with Crippen molar-refractivity contribution in [2.75, 3.05) is 0 Å². The average molecular weight is 306 g/mol. The van der Waals surface area contributed by atoms with Crippen molar-refractivity contribution in [3.63, 3.8) is 0 Å². The number of hydrogen-bond acceptors (Lipinski definition) is 4. The van der Waals surface area contributed by atoms with E-state index in [0.717, 1.165) is 9.41 Å². The normalized spacial score (nSPS) is 11.5. The molecule has 108 valence electrons. The summed E-state index contributed by atoms with van der Waals surface area (Å²) in [5.41, 5.74) is 2.70. The standard InChI is InChI=1S/C14H12F2N4S/c1-8-3-4-10(7-9(8)2)21-12-6-5-11-17-18-14(13(15)16)20(11)19-12/h3-7,13H,1-2H3. The molecule has 21 heavy (non-hydrogen) atoms. The topological polar surface area (TPSA) is 43.1 Å². The number of fused-ring (bicyclic) bond motifs is 1. The van der Waals surface area contributed by atoms with Crippen LogP contribution in [0.15, 0.2) is 40.3 Å². The second-order valence-electron chi connectivity index (χ2n) is 4.65. The van der Waals surface area contributed by atoms with Crippen molar-refractivity contribution < 1.29 is 8.78 Å². The Hall–Kier alpha value is -2.02. The molecule has 2 aromatic heterocycles. The molecule has 0 aliphatic heterocycles. The third kappa shape index (κ3) is 2.73. The van der Waals surface area contributed by atoms with Gasteiger partial charge in [-0.25, -0.2) is 8.78 Å². The Morgan fingerprint density at radius 3 is 2.57 bits per heavy atom. The Balaban J connectivity index is 1.96. The molecule has 3 rings (SSSR count). The lowest BCUT2D eigenvalue weighted by atomic mass is 10.1. The van der Waals surface area contributed by atoms with Crippen molar-refractivity contribution in [1.82, 2.24) is 19.8 Å². The minimum absolute atomic E-state index is 0.315. The van der Waals surface area contributed by atoms with Gasteiger partial charge in [-0.05, 0) is 49.2 Å². The lowest BCUT2D eigenvalue weighted by Gasteiger charge is -2.05. The van der Waals surface area contributed by atoms with Crippen molar-refractivity contribution in [1.29, 1.82) is 0 Å². The first kappa shape index (κ1) is 13.9. The first-order valence-corrected chi connectivity index (χ1v) is 7.12. The minimum Gasteiger partial charge on any atom is -0.201 e. The molecule has 2 heterocycles. The fourth-order valence-corrected chi connectivity index (χ4v) is 2.75. The molecular weight excluding hydrogens is 294 g/mol. The Bertz CT molecular complexity index is 801. The van der Waals surface area contributed by atoms with Crippen LogP contribution in [0, 0.1) is 13.8 Å². The molecule has 0 bridgehead atoms. The van der Waals surface area contributed by atoms with E-state index in [1.165, 1.54) is 22.9 Å². The van der Waals surface area contributed by atoms with Crippen LogP contribution in [0.25, 0.3) is 5.65 Å². The zero-order valence-electron chi connectivity index (χ0n) is 11.4. The summed E-state index contributed by atoms with van der Waals surface area (Å²) in [7, 11) is 0. The van der Waals surface area contributed by atoms with Gasteiger partial charge in [0, 0.05) is 4.90 Å². The molecule has 0 amide bonds. The first-order valence-electron chi connectivity index (χ1n) is 6.30. The van der Waals surface area contributed by atoms with Crippen LogP contribution in [-0.2, 0) is 0 Å². The molecule has 0 saturated carbocycles. The molecule has 0 aliphatic rings. The molecule has 4 nitrogen and oxygen atoms in total. The number of benzene rings is 1. The summed E-state index contributed by atoms with van der Waals surface area (Å²) in [5, 5.41) is 11.9. The van der Waals surface area contributed by atoms with Gasteiger partial charge in [0.1, 0.15) is 5.03 Å². The maximum atomic E-state index is 12.8. The Labute approximate surface area is 124 Å². The molecule has 7 heteroatoms. The fraction of sp³-hybridized carbons (Fsp3) is 0.214. The van der Waals surface area contributed by atoms with Crippen LogP contribution in [0.4, 0.5) is 8.78 Å². The van der Waals surface area contributed by atoms with Crippen LogP contribution in [0.3, 0.4) is 0 Å². The summed E-state index contributed by atoms with van der Waals surface area (Å²) in [6.45, 7) is 4.07. The van der Waals surface area contributed by atoms with Gasteiger partial charge in [-0.3, -0.25) is 0 Å². The predicted molar refractivity (Wildman–Crippen MR) is 75.8 cm³/mol. The number of aromatic nitrogens is 4. The molecule has 0 aliphatic carbocycles. The van der Waals surface area contributed by atoms with Crippen LogP contribution < -0.4 is 0 Å². The maximum absolute atomic E-state index is 12.8. The highest BCUT2D eigenvalue weighted by Gasteiger charge is 2.17. The summed E-state index contributed by atoms with van der Waals surface area (Å²) in [4.78, 5) is 1.01. The highest BCUT2D eigenvalue weighted by molar-refractivity contribution is 7.99. The Morgan fingerprint density at radius 1 is 1.05 bits per heavy atom. The smallest absolute Gasteiger partial charge is 0.201 e. The Kier molecular flexibility index (Phi) is 3.59. The van der Waals surface area contributed by atoms with E-state index in [2.05, 4.69) is 15.3 Å². The van der Waals surface area contributed by atoms with Crippen molar-refractivity contribution in [2.45, 2.75) is 30.2 Å². The molecule has 0 saturated heterocycles. The zero-order valence-corrected chi connectivity index (χ0v) is 12.2. The van der Waals surface area contributed by atoms with Crippen LogP contribution in [-0.4, -0.2) is 19.8 Å². The highest BCUT2D eigenvalue weighted by Crippen LogP contribution is 2.28. The number of alkyl halides is 2. The van der Waals surface area contributed by atoms with Gasteiger partial charge in [0.15, 0.2) is 5.65 Å². The van der Waals surface area contributed by atoms with E-state index in [9.17, 15) is 8.78 Å². The van der Waals surface area contributed by atoms with E-state index < -0.39 is 12.2 Å². The fourth-order valence-electron chi connectivity index (χ4n) is 1.88. The van der Waals surface area contributed by atoms with E-state index in [-0.39, 0.29) is 0 Å². The van der Waals surface area contributed by atoms with Gasteiger partial charge in [0.05, 0.1) is 0 Å². The average Bonchev–Trinajstić information content (AvgIpc) is 2.86. The third-order valence-electron chi connectivity index (χ3n) is 3.16. The first-order chi connectivity index (χ1) is 10.0. The van der Waals surface area contributed by atoms with Crippen LogP contribution in [0.2, 0.25) is 0 Å². The van der Waals surface area contributed by atoms with Gasteiger partial charge in [0.25, 0.3) is 6.43 Å². The largest absolute Gasteiger partial charge is 0.299 e. The van der Waals surface area contributed by atoms with Gasteiger partial charge in [0.2, 0.25) is 5.82 Å². The zero-order chi connectivity index (χ0) is 15.0. The van der Waals surface area contributed by atoms with Crippen LogP contribution in [0.5, 0.6) is 0 Å². The lowest BCUT2D eigenvalue weighted by Crippen LogP contribution is -2.00. The minimum atomic E-state index is -2.70. The van der Waals surface area contributed by atoms with Crippen molar-refractivity contribution in [3.05, 3.63) is 47.3 Å². The van der Waals surface area contributed by atoms with E-state index in [0.29, 0.717) is 10.7 Å². The maximum Gasteiger partial charge on any atom is 0.299 e. The number of rotatable bonds is 3. The van der Waals surface area contributed by atoms with Gasteiger partial charge in [-0.2, -0.15) is 9.61 Å². The van der Waals surface area contributed by atoms with Gasteiger partial charge in [-0.15, -0.1) is 10.2 Å². The van der Waals surface area contributed by atoms with Crippen LogP contribution >= 0.6 is 11.8 Å². The SMILES string of the molecule is Cc1ccc(Sc2ccc3nnc(C(F)F)n3n2)cc1C. The molecule has 0 N–H and O–H groups in total. The monoisotopic (exact) mass is 306 g/mol. The summed E-state index contributed by atoms with van der Waals surface area (Å²) in [6.07, 6.45) is -2.70. The van der Waals surface area contributed by atoms with Crippen LogP contribution in [0.1, 0.15) is 23.4 Å². The highest BCUT2D eigenvalue weighted by atomic mass is 32.2. The van der Waals surface area contributed by atoms with Crippen molar-refractivity contribution >= 4 is 17.4 Å². The van der Waals surface area contributed by atoms with E-state index in [1.54, 1.807) is 12.1 Å². The van der Waals surface area contributed by atoms with E-state index in [4.69, 9.17) is 0 Å². The summed E-state index contributed by atoms with van der Waals surface area (Å²) >= 11 is 1.42. The molecule has 0 fully saturated rings. The summed E-state index contributed by atoms with van der Waals surface area (Å²) in [5.74, 6) is -0.437. The third-order valence-corrected chi connectivity index (χ3v) is 4.07. The Morgan fingerprint density at radius 2 is 1.86 bits per heavy atom. The number of aryl methyl sites for hydroxylation is 2. The molecule has 1 aromatic carbocycles. The van der Waals surface area contributed by atoms with Crippen molar-refractivity contribution in [2.24, 2.45) is 0 Å². The number of hydrogen-bond donors (Lipinski definition) is 0. The number of nitrogens with zero attached hydrogens (tertiary/aromatic N) is 4. The molecule has 3 aromatic rings. The molecule has 0 spiro atoms. The molecule has 0 radical (unpaired) electrons. The molecule has 0 unspecified atom stereocenters. The quantitative estimate of drug-likeness (QED) is 0.737. The second-order valence-corrected chi connectivity index (χ2v) is 5.74. The van der Waals surface area contributed by atoms with E-state index >= 15 is 0 Å². The molecule has 0 atom stereocenters. The van der Waals surface area contributed by atoms with Crippen molar-refractivity contribution in [3.8, 4) is 0 Å². The predicted octanol–water partition coefficient (Wildman–Crippen LogP) is 3.83. The van der Waals surface area contributed by atoms with E-state index in [1.807, 2.05) is 32.0 Å². The molecular formula is C14H12F2N4S. The van der Waals surface area contributed by atoms with Gasteiger partial charge in [-0.1, -0.05) is 17.8 Å². The summed E-state index contributed by atoms with van der Waals surface area (Å²) in [6, 6.07) is 9.44.